The molecule has 0 radical (unpaired) electrons. The van der Waals surface area contributed by atoms with E-state index in [1.54, 1.807) is 11.3 Å². The van der Waals surface area contributed by atoms with E-state index < -0.39 is 11.4 Å². The van der Waals surface area contributed by atoms with Crippen LogP contribution in [0.1, 0.15) is 42.8 Å². The molecule has 0 amide bonds. The summed E-state index contributed by atoms with van der Waals surface area (Å²) in [5, 5.41) is 13.4. The molecule has 1 N–H and O–H groups in total. The van der Waals surface area contributed by atoms with E-state index in [-0.39, 0.29) is 0 Å². The zero-order chi connectivity index (χ0) is 28.5. The third-order valence-corrected chi connectivity index (χ3v) is 8.96. The van der Waals surface area contributed by atoms with Crippen LogP contribution in [0.4, 0.5) is 0 Å². The Balaban J connectivity index is 1.19. The first kappa shape index (κ1) is 26.3. The summed E-state index contributed by atoms with van der Waals surface area (Å²) in [5.74, 6) is 0.777. The summed E-state index contributed by atoms with van der Waals surface area (Å²) in [6, 6.07) is 26.4. The lowest BCUT2D eigenvalue weighted by Gasteiger charge is -2.24. The third-order valence-electron chi connectivity index (χ3n) is 8.38. The van der Waals surface area contributed by atoms with Gasteiger partial charge in [0.15, 0.2) is 0 Å². The van der Waals surface area contributed by atoms with Crippen molar-refractivity contribution in [3.8, 4) is 17.0 Å². The highest BCUT2D eigenvalue weighted by Crippen LogP contribution is 2.42. The van der Waals surface area contributed by atoms with Crippen molar-refractivity contribution in [2.45, 2.75) is 45.3 Å². The van der Waals surface area contributed by atoms with Gasteiger partial charge in [-0.15, -0.1) is 11.3 Å². The summed E-state index contributed by atoms with van der Waals surface area (Å²) in [7, 11) is 0. The number of nitrogens with zero attached hydrogens (tertiary/aromatic N) is 4. The molecule has 1 aliphatic carbocycles. The van der Waals surface area contributed by atoms with Gasteiger partial charge in [-0.25, -0.2) is 15.0 Å². The zero-order valence-electron chi connectivity index (χ0n) is 23.1. The lowest BCUT2D eigenvalue weighted by atomic mass is 9.82. The van der Waals surface area contributed by atoms with Crippen LogP contribution in [0, 0.1) is 5.41 Å². The zero-order valence-corrected chi connectivity index (χ0v) is 23.9. The molecule has 3 heterocycles. The van der Waals surface area contributed by atoms with E-state index in [9.17, 15) is 9.90 Å². The molecular formula is C34H30N4O3S. The number of fused-ring (bicyclic) bond motifs is 2. The maximum atomic E-state index is 12.5. The van der Waals surface area contributed by atoms with Crippen molar-refractivity contribution in [2.75, 3.05) is 0 Å². The maximum absolute atomic E-state index is 12.5. The summed E-state index contributed by atoms with van der Waals surface area (Å²) in [6.45, 7) is 0.942. The minimum absolute atomic E-state index is 0.345. The number of imidazole rings is 1. The lowest BCUT2D eigenvalue weighted by Crippen LogP contribution is -2.31. The Hall–Kier alpha value is -4.56. The lowest BCUT2D eigenvalue weighted by molar-refractivity contribution is -0.148. The summed E-state index contributed by atoms with van der Waals surface area (Å²) >= 11 is 1.58. The Labute approximate surface area is 247 Å². The van der Waals surface area contributed by atoms with Crippen molar-refractivity contribution in [2.24, 2.45) is 5.41 Å². The van der Waals surface area contributed by atoms with Gasteiger partial charge in [0.05, 0.1) is 38.9 Å². The van der Waals surface area contributed by atoms with E-state index in [0.29, 0.717) is 38.2 Å². The normalized spacial score (nSPS) is 14.5. The molecule has 210 valence electrons. The van der Waals surface area contributed by atoms with Gasteiger partial charge >= 0.3 is 5.97 Å². The molecule has 0 saturated heterocycles. The van der Waals surface area contributed by atoms with E-state index in [1.165, 1.54) is 0 Å². The minimum Gasteiger partial charge on any atom is -0.487 e. The molecule has 0 aliphatic heterocycles. The fourth-order valence-corrected chi connectivity index (χ4v) is 6.61. The molecule has 6 aromatic rings. The van der Waals surface area contributed by atoms with Crippen LogP contribution in [0.5, 0.6) is 5.75 Å². The Morgan fingerprint density at radius 3 is 2.57 bits per heavy atom. The predicted molar refractivity (Wildman–Crippen MR) is 165 cm³/mol. The SMILES string of the molecule is O=C(O)C1(Cc2nc3cc(OCc4ccc5ccccc5n4)ccc3n2Cc2ccc(-c3cscn3)cc2)CCCC1. The Morgan fingerprint density at radius 2 is 1.79 bits per heavy atom. The first-order chi connectivity index (χ1) is 20.6. The molecule has 7 rings (SSSR count). The number of hydrogen-bond donors (Lipinski definition) is 1. The molecule has 42 heavy (non-hydrogen) atoms. The molecule has 8 heteroatoms. The van der Waals surface area contributed by atoms with Gasteiger partial charge in [0.1, 0.15) is 18.2 Å². The summed E-state index contributed by atoms with van der Waals surface area (Å²) in [4.78, 5) is 26.6. The Morgan fingerprint density at radius 1 is 0.952 bits per heavy atom. The predicted octanol–water partition coefficient (Wildman–Crippen LogP) is 7.52. The number of benzene rings is 3. The molecule has 0 spiro atoms. The van der Waals surface area contributed by atoms with Crippen molar-refractivity contribution >= 4 is 39.2 Å². The number of thiazole rings is 1. The highest BCUT2D eigenvalue weighted by molar-refractivity contribution is 7.07. The average Bonchev–Trinajstić information content (AvgIpc) is 3.78. The molecule has 1 fully saturated rings. The number of pyridine rings is 1. The second-order valence-electron chi connectivity index (χ2n) is 11.1. The van der Waals surface area contributed by atoms with Gasteiger partial charge in [0.2, 0.25) is 0 Å². The number of carbonyl (C=O) groups is 1. The van der Waals surface area contributed by atoms with Crippen molar-refractivity contribution in [3.63, 3.8) is 0 Å². The van der Waals surface area contributed by atoms with Gasteiger partial charge in [-0.1, -0.05) is 61.4 Å². The smallest absolute Gasteiger partial charge is 0.310 e. The fourth-order valence-electron chi connectivity index (χ4n) is 6.05. The molecule has 3 aromatic heterocycles. The van der Waals surface area contributed by atoms with Crippen LogP contribution in [0.3, 0.4) is 0 Å². The van der Waals surface area contributed by atoms with Gasteiger partial charge < -0.3 is 14.4 Å². The number of carboxylic acid groups (broad SMARTS) is 1. The standard InChI is InChI=1S/C34H30N4O3S/c39-33(40)34(15-3-4-16-34)18-32-37-29-17-27(41-20-26-12-11-24-5-1-2-6-28(24)36-26)13-14-31(29)38(32)19-23-7-9-25(10-8-23)30-21-42-22-35-30/h1-2,5-14,17,21-22H,3-4,15-16,18-20H2,(H,39,40). The minimum atomic E-state index is -0.769. The van der Waals surface area contributed by atoms with Gasteiger partial charge in [0.25, 0.3) is 0 Å². The summed E-state index contributed by atoms with van der Waals surface area (Å²) in [6.07, 6.45) is 3.64. The van der Waals surface area contributed by atoms with Gasteiger partial charge in [-0.05, 0) is 42.7 Å². The summed E-state index contributed by atoms with van der Waals surface area (Å²) < 4.78 is 8.32. The van der Waals surface area contributed by atoms with Gasteiger partial charge in [-0.3, -0.25) is 4.79 Å². The number of ether oxygens (including phenoxy) is 1. The van der Waals surface area contributed by atoms with Crippen molar-refractivity contribution in [1.29, 1.82) is 0 Å². The first-order valence-electron chi connectivity index (χ1n) is 14.2. The van der Waals surface area contributed by atoms with Crippen LogP contribution >= 0.6 is 11.3 Å². The Bertz CT molecular complexity index is 1870. The third kappa shape index (κ3) is 5.14. The number of rotatable bonds is 9. The van der Waals surface area contributed by atoms with Crippen molar-refractivity contribution < 1.29 is 14.6 Å². The molecular weight excluding hydrogens is 544 g/mol. The summed E-state index contributed by atoms with van der Waals surface area (Å²) in [5.41, 5.74) is 7.79. The molecule has 0 bridgehead atoms. The van der Waals surface area contributed by atoms with E-state index in [4.69, 9.17) is 14.7 Å². The van der Waals surface area contributed by atoms with Crippen LogP contribution in [-0.2, 0) is 24.4 Å². The number of carboxylic acids is 1. The molecule has 7 nitrogen and oxygen atoms in total. The second-order valence-corrected chi connectivity index (χ2v) is 11.8. The van der Waals surface area contributed by atoms with E-state index in [2.05, 4.69) is 39.9 Å². The molecule has 0 atom stereocenters. The van der Waals surface area contributed by atoms with E-state index in [0.717, 1.165) is 63.1 Å². The van der Waals surface area contributed by atoms with Gasteiger partial charge in [-0.2, -0.15) is 0 Å². The van der Waals surface area contributed by atoms with E-state index >= 15 is 0 Å². The maximum Gasteiger partial charge on any atom is 0.310 e. The molecule has 1 saturated carbocycles. The fraction of sp³-hybridized carbons (Fsp3) is 0.235. The van der Waals surface area contributed by atoms with E-state index in [1.807, 2.05) is 59.4 Å². The monoisotopic (exact) mass is 574 g/mol. The average molecular weight is 575 g/mol. The molecule has 1 aliphatic rings. The highest BCUT2D eigenvalue weighted by atomic mass is 32.1. The topological polar surface area (TPSA) is 90.1 Å². The molecule has 0 unspecified atom stereocenters. The number of para-hydroxylation sites is 1. The van der Waals surface area contributed by atoms with Crippen LogP contribution < -0.4 is 4.74 Å². The van der Waals surface area contributed by atoms with Crippen LogP contribution in [0.15, 0.2) is 89.8 Å². The quantitative estimate of drug-likeness (QED) is 0.192. The van der Waals surface area contributed by atoms with Crippen LogP contribution in [-0.4, -0.2) is 30.6 Å². The molecule has 3 aromatic carbocycles. The van der Waals surface area contributed by atoms with Crippen molar-refractivity contribution in [1.82, 2.24) is 19.5 Å². The van der Waals surface area contributed by atoms with Crippen molar-refractivity contribution in [3.05, 3.63) is 107 Å². The number of aliphatic carboxylic acids is 1. The van der Waals surface area contributed by atoms with Crippen LogP contribution in [0.2, 0.25) is 0 Å². The second kappa shape index (κ2) is 11.0. The number of hydrogen-bond acceptors (Lipinski definition) is 6. The Kier molecular flexibility index (Phi) is 6.91. The van der Waals surface area contributed by atoms with Gasteiger partial charge in [0, 0.05) is 35.4 Å². The largest absolute Gasteiger partial charge is 0.487 e. The first-order valence-corrected chi connectivity index (χ1v) is 15.2. The number of aromatic nitrogens is 4. The van der Waals surface area contributed by atoms with Crippen LogP contribution in [0.25, 0.3) is 33.2 Å². The highest BCUT2D eigenvalue weighted by Gasteiger charge is 2.42.